The maximum Gasteiger partial charge on any atom is 0.293 e. The van der Waals surface area contributed by atoms with Gasteiger partial charge in [0.25, 0.3) is 11.6 Å². The van der Waals surface area contributed by atoms with E-state index in [1.165, 1.54) is 6.07 Å². The largest absolute Gasteiger partial charge is 0.366 e. The van der Waals surface area contributed by atoms with Crippen molar-refractivity contribution >= 4 is 17.3 Å². The Morgan fingerprint density at radius 3 is 2.67 bits per heavy atom. The lowest BCUT2D eigenvalue weighted by atomic mass is 9.98. The van der Waals surface area contributed by atoms with Gasteiger partial charge in [0.2, 0.25) is 0 Å². The van der Waals surface area contributed by atoms with Gasteiger partial charge in [-0.15, -0.1) is 0 Å². The summed E-state index contributed by atoms with van der Waals surface area (Å²) in [4.78, 5) is 28.4. The van der Waals surface area contributed by atoms with Crippen LogP contribution in [-0.2, 0) is 0 Å². The van der Waals surface area contributed by atoms with Gasteiger partial charge in [-0.1, -0.05) is 13.8 Å². The Morgan fingerprint density at radius 2 is 2.07 bits per heavy atom. The highest BCUT2D eigenvalue weighted by atomic mass is 16.6. The molecule has 0 spiro atoms. The Hall–Kier alpha value is -2.15. The van der Waals surface area contributed by atoms with Crippen LogP contribution in [0.2, 0.25) is 0 Å². The van der Waals surface area contributed by atoms with Gasteiger partial charge in [0.15, 0.2) is 0 Å². The van der Waals surface area contributed by atoms with Crippen LogP contribution in [0.4, 0.5) is 11.4 Å². The highest BCUT2D eigenvalue weighted by molar-refractivity contribution is 5.96. The topological polar surface area (TPSA) is 78.7 Å². The van der Waals surface area contributed by atoms with Crippen molar-refractivity contribution in [1.29, 1.82) is 0 Å². The third-order valence-corrected chi connectivity index (χ3v) is 5.74. The van der Waals surface area contributed by atoms with Crippen molar-refractivity contribution in [2.45, 2.75) is 45.6 Å². The minimum atomic E-state index is -0.356. The Bertz CT molecular complexity index is 680. The number of amides is 1. The molecule has 1 aromatic rings. The second-order valence-corrected chi connectivity index (χ2v) is 7.78. The zero-order valence-electron chi connectivity index (χ0n) is 16.3. The number of nitro groups is 1. The lowest BCUT2D eigenvalue weighted by Gasteiger charge is -2.32. The molecule has 1 unspecified atom stereocenters. The SMILES string of the molecule is CCCN(C(=O)c1ccc(N2CCC(C)CC2)c([N+](=O)[O-])c1)C1CCNC1. The Kier molecular flexibility index (Phi) is 6.31. The summed E-state index contributed by atoms with van der Waals surface area (Å²) in [5, 5.41) is 15.0. The smallest absolute Gasteiger partial charge is 0.293 e. The fourth-order valence-electron chi connectivity index (χ4n) is 4.08. The first-order valence-electron chi connectivity index (χ1n) is 10.1. The standard InChI is InChI=1S/C20H30N4O3/c1-3-10-23(17-6-9-21-14-17)20(25)16-4-5-18(19(13-16)24(26)27)22-11-7-15(2)8-12-22/h4-5,13,15,17,21H,3,6-12,14H2,1-2H3. The van der Waals surface area contributed by atoms with Gasteiger partial charge in [0.1, 0.15) is 5.69 Å². The minimum Gasteiger partial charge on any atom is -0.366 e. The zero-order valence-corrected chi connectivity index (χ0v) is 16.3. The number of nitro benzene ring substituents is 1. The maximum atomic E-state index is 13.1. The first-order chi connectivity index (χ1) is 13.0. The molecule has 2 heterocycles. The molecule has 3 rings (SSSR count). The van der Waals surface area contributed by atoms with Crippen LogP contribution in [0.25, 0.3) is 0 Å². The van der Waals surface area contributed by atoms with Crippen LogP contribution in [0.15, 0.2) is 18.2 Å². The Balaban J connectivity index is 1.86. The van der Waals surface area contributed by atoms with E-state index in [1.807, 2.05) is 11.8 Å². The molecule has 2 aliphatic rings. The van der Waals surface area contributed by atoms with Crippen LogP contribution in [-0.4, -0.2) is 54.5 Å². The molecule has 0 bridgehead atoms. The molecule has 0 aromatic heterocycles. The number of carbonyl (C=O) groups is 1. The van der Waals surface area contributed by atoms with Crippen molar-refractivity contribution in [2.24, 2.45) is 5.92 Å². The molecule has 1 atom stereocenters. The molecule has 2 saturated heterocycles. The maximum absolute atomic E-state index is 13.1. The molecule has 0 radical (unpaired) electrons. The first kappa shape index (κ1) is 19.6. The van der Waals surface area contributed by atoms with Crippen LogP contribution in [0.5, 0.6) is 0 Å². The highest BCUT2D eigenvalue weighted by Gasteiger charge is 2.29. The molecular formula is C20H30N4O3. The molecule has 7 nitrogen and oxygen atoms in total. The summed E-state index contributed by atoms with van der Waals surface area (Å²) in [6.45, 7) is 8.28. The van der Waals surface area contributed by atoms with Crippen molar-refractivity contribution in [2.75, 3.05) is 37.6 Å². The molecule has 148 valence electrons. The average Bonchev–Trinajstić information content (AvgIpc) is 3.20. The van der Waals surface area contributed by atoms with E-state index in [2.05, 4.69) is 17.1 Å². The van der Waals surface area contributed by atoms with Crippen molar-refractivity contribution in [3.05, 3.63) is 33.9 Å². The summed E-state index contributed by atoms with van der Waals surface area (Å²) in [6.07, 6.45) is 3.87. The second-order valence-electron chi connectivity index (χ2n) is 7.78. The number of anilines is 1. The number of piperidine rings is 1. The fourth-order valence-corrected chi connectivity index (χ4v) is 4.08. The van der Waals surface area contributed by atoms with Gasteiger partial charge in [-0.05, 0) is 50.3 Å². The van der Waals surface area contributed by atoms with Crippen molar-refractivity contribution in [3.8, 4) is 0 Å². The summed E-state index contributed by atoms with van der Waals surface area (Å²) in [7, 11) is 0. The van der Waals surface area contributed by atoms with E-state index < -0.39 is 0 Å². The van der Waals surface area contributed by atoms with Crippen LogP contribution in [0.3, 0.4) is 0 Å². The summed E-state index contributed by atoms with van der Waals surface area (Å²) in [6, 6.07) is 5.16. The zero-order chi connectivity index (χ0) is 19.4. The monoisotopic (exact) mass is 374 g/mol. The molecule has 7 heteroatoms. The average molecular weight is 374 g/mol. The van der Waals surface area contributed by atoms with Gasteiger partial charge in [-0.3, -0.25) is 14.9 Å². The number of benzene rings is 1. The van der Waals surface area contributed by atoms with E-state index in [0.29, 0.717) is 23.7 Å². The predicted octanol–water partition coefficient (Wildman–Crippen LogP) is 3.05. The minimum absolute atomic E-state index is 0.0383. The van der Waals surface area contributed by atoms with E-state index in [0.717, 1.165) is 51.9 Å². The van der Waals surface area contributed by atoms with Gasteiger partial charge >= 0.3 is 0 Å². The van der Waals surface area contributed by atoms with E-state index in [9.17, 15) is 14.9 Å². The van der Waals surface area contributed by atoms with Crippen LogP contribution in [0.1, 0.15) is 49.9 Å². The van der Waals surface area contributed by atoms with Crippen molar-refractivity contribution in [3.63, 3.8) is 0 Å². The summed E-state index contributed by atoms with van der Waals surface area (Å²) in [5.74, 6) is 0.552. The molecular weight excluding hydrogens is 344 g/mol. The van der Waals surface area contributed by atoms with Gasteiger partial charge in [0, 0.05) is 43.9 Å². The van der Waals surface area contributed by atoms with E-state index in [1.54, 1.807) is 12.1 Å². The number of nitrogens with one attached hydrogen (secondary N) is 1. The normalized spacial score (nSPS) is 20.7. The number of rotatable bonds is 6. The van der Waals surface area contributed by atoms with Gasteiger partial charge < -0.3 is 15.1 Å². The van der Waals surface area contributed by atoms with E-state index in [-0.39, 0.29) is 22.6 Å². The highest BCUT2D eigenvalue weighted by Crippen LogP contribution is 2.33. The van der Waals surface area contributed by atoms with Gasteiger partial charge in [-0.25, -0.2) is 0 Å². The lowest BCUT2D eigenvalue weighted by molar-refractivity contribution is -0.384. The van der Waals surface area contributed by atoms with Crippen LogP contribution in [0, 0.1) is 16.0 Å². The molecule has 0 aliphatic carbocycles. The molecule has 2 fully saturated rings. The Labute approximate surface area is 160 Å². The molecule has 1 N–H and O–H groups in total. The number of hydrogen-bond donors (Lipinski definition) is 1. The second kappa shape index (κ2) is 8.69. The van der Waals surface area contributed by atoms with Crippen LogP contribution >= 0.6 is 0 Å². The molecule has 0 saturated carbocycles. The quantitative estimate of drug-likeness (QED) is 0.612. The number of nitrogens with zero attached hydrogens (tertiary/aromatic N) is 3. The van der Waals surface area contributed by atoms with Crippen molar-refractivity contribution < 1.29 is 9.72 Å². The lowest BCUT2D eigenvalue weighted by Crippen LogP contribution is -2.42. The van der Waals surface area contributed by atoms with Crippen molar-refractivity contribution in [1.82, 2.24) is 10.2 Å². The number of carbonyl (C=O) groups excluding carboxylic acids is 1. The summed E-state index contributed by atoms with van der Waals surface area (Å²) < 4.78 is 0. The Morgan fingerprint density at radius 1 is 1.33 bits per heavy atom. The first-order valence-corrected chi connectivity index (χ1v) is 10.1. The summed E-state index contributed by atoms with van der Waals surface area (Å²) >= 11 is 0. The molecule has 27 heavy (non-hydrogen) atoms. The molecule has 2 aliphatic heterocycles. The van der Waals surface area contributed by atoms with Gasteiger partial charge in [-0.2, -0.15) is 0 Å². The van der Waals surface area contributed by atoms with E-state index >= 15 is 0 Å². The third-order valence-electron chi connectivity index (χ3n) is 5.74. The van der Waals surface area contributed by atoms with Crippen LogP contribution < -0.4 is 10.2 Å². The number of hydrogen-bond acceptors (Lipinski definition) is 5. The third kappa shape index (κ3) is 4.40. The molecule has 1 aromatic carbocycles. The van der Waals surface area contributed by atoms with Gasteiger partial charge in [0.05, 0.1) is 4.92 Å². The van der Waals surface area contributed by atoms with E-state index in [4.69, 9.17) is 0 Å². The fraction of sp³-hybridized carbons (Fsp3) is 0.650. The predicted molar refractivity (Wildman–Crippen MR) is 106 cm³/mol. The molecule has 1 amide bonds. The summed E-state index contributed by atoms with van der Waals surface area (Å²) in [5.41, 5.74) is 1.08.